The zero-order valence-corrected chi connectivity index (χ0v) is 19.6. The number of nitrogens with one attached hydrogen (secondary N) is 1. The van der Waals surface area contributed by atoms with Crippen LogP contribution in [0.5, 0.6) is 5.75 Å². The van der Waals surface area contributed by atoms with Crippen LogP contribution in [0.4, 0.5) is 10.1 Å². The molecule has 1 aliphatic heterocycles. The van der Waals surface area contributed by atoms with Crippen LogP contribution in [-0.2, 0) is 10.0 Å². The topological polar surface area (TPSA) is 58.6 Å². The van der Waals surface area contributed by atoms with E-state index in [2.05, 4.69) is 9.62 Å². The summed E-state index contributed by atoms with van der Waals surface area (Å²) < 4.78 is 48.8. The van der Waals surface area contributed by atoms with Crippen molar-refractivity contribution in [3.8, 4) is 16.9 Å². The molecule has 1 aromatic heterocycles. The van der Waals surface area contributed by atoms with Gasteiger partial charge in [-0.25, -0.2) is 12.8 Å². The maximum Gasteiger partial charge on any atom is 0.272 e. The van der Waals surface area contributed by atoms with Gasteiger partial charge in [0.05, 0.1) is 15.0 Å². The summed E-state index contributed by atoms with van der Waals surface area (Å²) in [6.07, 6.45) is 0.859. The van der Waals surface area contributed by atoms with Gasteiger partial charge in [0.25, 0.3) is 10.0 Å². The van der Waals surface area contributed by atoms with Crippen LogP contribution >= 0.6 is 34.5 Å². The van der Waals surface area contributed by atoms with Crippen LogP contribution in [0.2, 0.25) is 9.36 Å². The largest absolute Gasteiger partial charge is 0.487 e. The van der Waals surface area contributed by atoms with E-state index < -0.39 is 15.8 Å². The van der Waals surface area contributed by atoms with Gasteiger partial charge in [-0.15, -0.1) is 11.3 Å². The molecular formula is C21H19Cl2FN2O3S2. The van der Waals surface area contributed by atoms with E-state index in [0.29, 0.717) is 27.6 Å². The molecule has 3 aromatic rings. The standard InChI is InChI=1S/C21H19Cl2FN2O3S2/c1-26-8-7-16(12-26)29-19-10-15(5-6-18(19)22)25-31(27,28)21-17(11-20(23)30-21)13-3-2-4-14(24)9-13/h2-6,9-11,16,25H,7-8,12H2,1H3. The van der Waals surface area contributed by atoms with Crippen LogP contribution < -0.4 is 9.46 Å². The fourth-order valence-electron chi connectivity index (χ4n) is 3.43. The normalized spacial score (nSPS) is 17.1. The number of ether oxygens (including phenoxy) is 1. The number of likely N-dealkylation sites (tertiary alicyclic amines) is 1. The molecule has 0 bridgehead atoms. The smallest absolute Gasteiger partial charge is 0.272 e. The molecule has 0 amide bonds. The van der Waals surface area contributed by atoms with E-state index in [0.717, 1.165) is 30.8 Å². The number of hydrogen-bond donors (Lipinski definition) is 1. The number of hydrogen-bond acceptors (Lipinski definition) is 5. The molecule has 1 fully saturated rings. The van der Waals surface area contributed by atoms with Crippen molar-refractivity contribution in [1.29, 1.82) is 0 Å². The number of sulfonamides is 1. The van der Waals surface area contributed by atoms with Crippen LogP contribution in [0.1, 0.15) is 6.42 Å². The second-order valence-corrected chi connectivity index (χ2v) is 11.3. The predicted octanol–water partition coefficient (Wildman–Crippen LogP) is 5.74. The van der Waals surface area contributed by atoms with Crippen LogP contribution in [0, 0.1) is 5.82 Å². The van der Waals surface area contributed by atoms with Gasteiger partial charge in [-0.1, -0.05) is 35.3 Å². The predicted molar refractivity (Wildman–Crippen MR) is 124 cm³/mol. The summed E-state index contributed by atoms with van der Waals surface area (Å²) in [5.41, 5.74) is 1.07. The molecule has 1 atom stereocenters. The molecule has 1 unspecified atom stereocenters. The highest BCUT2D eigenvalue weighted by Gasteiger charge is 2.25. The number of nitrogens with zero attached hydrogens (tertiary/aromatic N) is 1. The minimum Gasteiger partial charge on any atom is -0.487 e. The molecule has 1 saturated heterocycles. The van der Waals surface area contributed by atoms with E-state index in [-0.39, 0.29) is 14.6 Å². The first-order chi connectivity index (χ1) is 14.7. The Morgan fingerprint density at radius 2 is 2.00 bits per heavy atom. The van der Waals surface area contributed by atoms with Crippen molar-refractivity contribution in [3.05, 3.63) is 63.7 Å². The van der Waals surface area contributed by atoms with Crippen LogP contribution in [0.25, 0.3) is 11.1 Å². The van der Waals surface area contributed by atoms with Crippen molar-refractivity contribution in [2.24, 2.45) is 0 Å². The zero-order chi connectivity index (χ0) is 22.2. The lowest BCUT2D eigenvalue weighted by atomic mass is 10.1. The van der Waals surface area contributed by atoms with Gasteiger partial charge in [0, 0.05) is 24.7 Å². The molecule has 1 N–H and O–H groups in total. The first kappa shape index (κ1) is 22.4. The number of halogens is 3. The molecule has 31 heavy (non-hydrogen) atoms. The van der Waals surface area contributed by atoms with E-state index in [1.165, 1.54) is 24.3 Å². The fourth-order valence-corrected chi connectivity index (χ4v) is 6.54. The lowest BCUT2D eigenvalue weighted by molar-refractivity contribution is 0.208. The molecule has 0 saturated carbocycles. The van der Waals surface area contributed by atoms with Crippen molar-refractivity contribution in [3.63, 3.8) is 0 Å². The minimum atomic E-state index is -4.00. The van der Waals surface area contributed by atoms with Gasteiger partial charge in [-0.2, -0.15) is 0 Å². The van der Waals surface area contributed by atoms with E-state index in [1.807, 2.05) is 7.05 Å². The summed E-state index contributed by atoms with van der Waals surface area (Å²) in [5.74, 6) is -0.0510. The minimum absolute atomic E-state index is 0.00191. The maximum atomic E-state index is 13.7. The Kier molecular flexibility index (Phi) is 6.46. The highest BCUT2D eigenvalue weighted by Crippen LogP contribution is 2.39. The summed E-state index contributed by atoms with van der Waals surface area (Å²) in [7, 11) is -1.98. The summed E-state index contributed by atoms with van der Waals surface area (Å²) in [5, 5.41) is 0.400. The van der Waals surface area contributed by atoms with Gasteiger partial charge in [0.15, 0.2) is 0 Å². The van der Waals surface area contributed by atoms with Crippen molar-refractivity contribution in [2.45, 2.75) is 16.7 Å². The van der Waals surface area contributed by atoms with E-state index >= 15 is 0 Å². The first-order valence-electron chi connectivity index (χ1n) is 9.44. The third kappa shape index (κ3) is 5.15. The number of thiophene rings is 1. The van der Waals surface area contributed by atoms with Crippen molar-refractivity contribution in [2.75, 3.05) is 24.9 Å². The average molecular weight is 501 g/mol. The maximum absolute atomic E-state index is 13.7. The summed E-state index contributed by atoms with van der Waals surface area (Å²) in [4.78, 5) is 2.15. The highest BCUT2D eigenvalue weighted by atomic mass is 35.5. The summed E-state index contributed by atoms with van der Waals surface area (Å²) in [6, 6.07) is 11.9. The molecule has 5 nitrogen and oxygen atoms in total. The van der Waals surface area contributed by atoms with E-state index in [9.17, 15) is 12.8 Å². The SMILES string of the molecule is CN1CCC(Oc2cc(NS(=O)(=O)c3sc(Cl)cc3-c3cccc(F)c3)ccc2Cl)C1. The van der Waals surface area contributed by atoms with E-state index in [4.69, 9.17) is 27.9 Å². The Labute approximate surface area is 194 Å². The fraction of sp³-hybridized carbons (Fsp3) is 0.238. The van der Waals surface area contributed by atoms with Crippen molar-refractivity contribution in [1.82, 2.24) is 4.90 Å². The number of rotatable bonds is 6. The van der Waals surface area contributed by atoms with Gasteiger partial charge in [-0.05, 0) is 49.4 Å². The highest BCUT2D eigenvalue weighted by molar-refractivity contribution is 7.94. The van der Waals surface area contributed by atoms with Crippen LogP contribution in [-0.4, -0.2) is 39.6 Å². The molecule has 0 radical (unpaired) electrons. The molecule has 164 valence electrons. The first-order valence-corrected chi connectivity index (χ1v) is 12.5. The number of benzene rings is 2. The monoisotopic (exact) mass is 500 g/mol. The van der Waals surface area contributed by atoms with Gasteiger partial charge >= 0.3 is 0 Å². The lowest BCUT2D eigenvalue weighted by Crippen LogP contribution is -2.21. The quantitative estimate of drug-likeness (QED) is 0.468. The summed E-state index contributed by atoms with van der Waals surface area (Å²) >= 11 is 13.3. The Hall–Kier alpha value is -1.84. The third-order valence-electron chi connectivity index (χ3n) is 4.87. The van der Waals surface area contributed by atoms with Crippen molar-refractivity contribution < 1.29 is 17.5 Å². The number of likely N-dealkylation sites (N-methyl/N-ethyl adjacent to an activating group) is 1. The Morgan fingerprint density at radius 1 is 1.19 bits per heavy atom. The Morgan fingerprint density at radius 3 is 2.71 bits per heavy atom. The molecule has 0 spiro atoms. The Bertz CT molecular complexity index is 1220. The lowest BCUT2D eigenvalue weighted by Gasteiger charge is -2.16. The molecule has 2 aromatic carbocycles. The van der Waals surface area contributed by atoms with E-state index in [1.54, 1.807) is 24.3 Å². The van der Waals surface area contributed by atoms with Gasteiger partial charge < -0.3 is 9.64 Å². The molecule has 0 aliphatic carbocycles. The van der Waals surface area contributed by atoms with Crippen LogP contribution in [0.15, 0.2) is 52.7 Å². The van der Waals surface area contributed by atoms with Crippen LogP contribution in [0.3, 0.4) is 0 Å². The van der Waals surface area contributed by atoms with Gasteiger partial charge in [-0.3, -0.25) is 4.72 Å². The molecule has 10 heteroatoms. The molecule has 4 rings (SSSR count). The second kappa shape index (κ2) is 8.96. The van der Waals surface area contributed by atoms with Gasteiger partial charge in [0.1, 0.15) is 21.9 Å². The Balaban J connectivity index is 1.62. The van der Waals surface area contributed by atoms with Crippen molar-refractivity contribution >= 4 is 50.2 Å². The number of anilines is 1. The zero-order valence-electron chi connectivity index (χ0n) is 16.4. The molecular weight excluding hydrogens is 482 g/mol. The van der Waals surface area contributed by atoms with Gasteiger partial charge in [0.2, 0.25) is 0 Å². The molecule has 1 aliphatic rings. The second-order valence-electron chi connectivity index (χ2n) is 7.30. The summed E-state index contributed by atoms with van der Waals surface area (Å²) in [6.45, 7) is 1.70. The molecule has 2 heterocycles. The average Bonchev–Trinajstić information content (AvgIpc) is 3.30. The third-order valence-corrected chi connectivity index (χ3v) is 8.36.